The van der Waals surface area contributed by atoms with Crippen molar-refractivity contribution in [2.45, 2.75) is 5.79 Å². The Morgan fingerprint density at radius 2 is 1.10 bits per heavy atom. The van der Waals surface area contributed by atoms with E-state index >= 15 is 0 Å². The van der Waals surface area contributed by atoms with Gasteiger partial charge in [-0.15, -0.1) is 0 Å². The Hall–Kier alpha value is -2.13. The third-order valence-electron chi connectivity index (χ3n) is 4.42. The van der Waals surface area contributed by atoms with Crippen LogP contribution in [0.5, 0.6) is 0 Å². The van der Waals surface area contributed by atoms with E-state index in [0.29, 0.717) is 50.8 Å². The third kappa shape index (κ3) is 8.14. The Morgan fingerprint density at radius 1 is 0.645 bits per heavy atom. The van der Waals surface area contributed by atoms with Crippen LogP contribution in [0.1, 0.15) is 15.9 Å². The summed E-state index contributed by atoms with van der Waals surface area (Å²) in [6.45, 7) is 2.80. The summed E-state index contributed by atoms with van der Waals surface area (Å²) in [4.78, 5) is 13.6. The van der Waals surface area contributed by atoms with Crippen molar-refractivity contribution in [2.24, 2.45) is 0 Å². The zero-order valence-electron chi connectivity index (χ0n) is 18.3. The minimum absolute atomic E-state index is 0.168. The Bertz CT molecular complexity index is 705. The maximum Gasteiger partial charge on any atom is 0.261 e. The first-order valence-corrected chi connectivity index (χ1v) is 10.3. The van der Waals surface area contributed by atoms with Crippen LogP contribution in [0.25, 0.3) is 0 Å². The van der Waals surface area contributed by atoms with Crippen molar-refractivity contribution in [2.75, 3.05) is 67.1 Å². The van der Waals surface area contributed by atoms with E-state index in [1.807, 2.05) is 48.5 Å². The number of methoxy groups -OCH3 is 2. The van der Waals surface area contributed by atoms with Gasteiger partial charge in [0, 0.05) is 25.3 Å². The molecule has 0 aromatic heterocycles. The van der Waals surface area contributed by atoms with Crippen LogP contribution in [0, 0.1) is 0 Å². The van der Waals surface area contributed by atoms with Gasteiger partial charge in [0.1, 0.15) is 0 Å². The smallest absolute Gasteiger partial charge is 0.261 e. The summed E-state index contributed by atoms with van der Waals surface area (Å²) >= 11 is 0. The third-order valence-corrected chi connectivity index (χ3v) is 4.42. The highest BCUT2D eigenvalue weighted by Gasteiger charge is 2.43. The highest BCUT2D eigenvalue weighted by atomic mass is 16.7. The summed E-state index contributed by atoms with van der Waals surface area (Å²) in [5, 5.41) is 0. The van der Waals surface area contributed by atoms with Gasteiger partial charge in [-0.2, -0.15) is 0 Å². The van der Waals surface area contributed by atoms with E-state index in [1.54, 1.807) is 26.4 Å². The maximum absolute atomic E-state index is 13.6. The van der Waals surface area contributed by atoms with E-state index in [0.717, 1.165) is 0 Å². The van der Waals surface area contributed by atoms with Crippen molar-refractivity contribution in [3.8, 4) is 0 Å². The molecule has 0 spiro atoms. The fraction of sp³-hybridized carbons (Fsp3) is 0.458. The van der Waals surface area contributed by atoms with Crippen molar-refractivity contribution in [3.05, 3.63) is 71.8 Å². The molecule has 0 amide bonds. The van der Waals surface area contributed by atoms with E-state index in [1.165, 1.54) is 0 Å². The quantitative estimate of drug-likeness (QED) is 0.216. The summed E-state index contributed by atoms with van der Waals surface area (Å²) in [6, 6.07) is 18.2. The van der Waals surface area contributed by atoms with Crippen molar-refractivity contribution in [1.29, 1.82) is 0 Å². The SMILES string of the molecule is COCCOCCOC(OCCOCCOC)(C(=O)c1ccccc1)c1ccccc1. The fourth-order valence-corrected chi connectivity index (χ4v) is 2.88. The van der Waals surface area contributed by atoms with Crippen molar-refractivity contribution < 1.29 is 33.2 Å². The molecule has 0 saturated heterocycles. The van der Waals surface area contributed by atoms with Gasteiger partial charge < -0.3 is 28.4 Å². The van der Waals surface area contributed by atoms with Crippen LogP contribution in [0.15, 0.2) is 60.7 Å². The lowest BCUT2D eigenvalue weighted by Gasteiger charge is -2.33. The Kier molecular flexibility index (Phi) is 12.0. The van der Waals surface area contributed by atoms with Crippen LogP contribution < -0.4 is 0 Å². The normalized spacial score (nSPS) is 11.5. The molecule has 2 rings (SSSR count). The summed E-state index contributed by atoms with van der Waals surface area (Å²) in [5.74, 6) is -1.90. The number of hydrogen-bond donors (Lipinski definition) is 0. The lowest BCUT2D eigenvalue weighted by Crippen LogP contribution is -2.43. The molecule has 0 unspecified atom stereocenters. The highest BCUT2D eigenvalue weighted by Crippen LogP contribution is 2.32. The molecule has 0 aliphatic carbocycles. The second-order valence-electron chi connectivity index (χ2n) is 6.59. The Labute approximate surface area is 184 Å². The Morgan fingerprint density at radius 3 is 1.58 bits per heavy atom. The molecule has 0 radical (unpaired) electrons. The van der Waals surface area contributed by atoms with E-state index in [-0.39, 0.29) is 19.0 Å². The molecule has 7 heteroatoms. The minimum Gasteiger partial charge on any atom is -0.382 e. The van der Waals surface area contributed by atoms with Gasteiger partial charge in [0.05, 0.1) is 52.9 Å². The molecule has 0 aliphatic heterocycles. The molecule has 0 bridgehead atoms. The average Bonchev–Trinajstić information content (AvgIpc) is 2.83. The number of rotatable bonds is 17. The maximum atomic E-state index is 13.6. The van der Waals surface area contributed by atoms with Crippen LogP contribution >= 0.6 is 0 Å². The van der Waals surface area contributed by atoms with Crippen molar-refractivity contribution in [3.63, 3.8) is 0 Å². The van der Waals surface area contributed by atoms with E-state index < -0.39 is 5.79 Å². The number of carbonyl (C=O) groups excluding carboxylic acids is 1. The van der Waals surface area contributed by atoms with Gasteiger partial charge in [-0.05, 0) is 0 Å². The van der Waals surface area contributed by atoms with Crippen LogP contribution in [0.3, 0.4) is 0 Å². The largest absolute Gasteiger partial charge is 0.382 e. The summed E-state index contributed by atoms with van der Waals surface area (Å²) in [5.41, 5.74) is 1.10. The van der Waals surface area contributed by atoms with Gasteiger partial charge in [-0.1, -0.05) is 60.7 Å². The predicted octanol–water partition coefficient (Wildman–Crippen LogP) is 3.08. The van der Waals surface area contributed by atoms with Gasteiger partial charge in [0.25, 0.3) is 5.79 Å². The van der Waals surface area contributed by atoms with Crippen LogP contribution in [-0.2, 0) is 34.2 Å². The highest BCUT2D eigenvalue weighted by molar-refractivity contribution is 6.02. The molecule has 0 fully saturated rings. The number of Topliss-reactive ketones (excluding diaryl/α,β-unsaturated/α-hetero) is 1. The number of ketones is 1. The fourth-order valence-electron chi connectivity index (χ4n) is 2.88. The Balaban J connectivity index is 2.20. The van der Waals surface area contributed by atoms with Gasteiger partial charge in [0.2, 0.25) is 5.78 Å². The predicted molar refractivity (Wildman–Crippen MR) is 116 cm³/mol. The standard InChI is InChI=1S/C24H32O7/c1-26-13-15-28-17-19-30-24(22-11-7-4-8-12-22,31-20-18-29-16-14-27-2)23(25)21-9-5-3-6-10-21/h3-12H,13-20H2,1-2H3. The molecular formula is C24H32O7. The molecule has 170 valence electrons. The molecule has 2 aromatic carbocycles. The van der Waals surface area contributed by atoms with Crippen LogP contribution in [0.4, 0.5) is 0 Å². The topological polar surface area (TPSA) is 72.5 Å². The monoisotopic (exact) mass is 432 g/mol. The molecule has 0 aliphatic rings. The molecular weight excluding hydrogens is 400 g/mol. The van der Waals surface area contributed by atoms with Crippen LogP contribution in [0.2, 0.25) is 0 Å². The second kappa shape index (κ2) is 14.8. The molecule has 0 N–H and O–H groups in total. The zero-order valence-corrected chi connectivity index (χ0v) is 18.3. The molecule has 7 nitrogen and oxygen atoms in total. The second-order valence-corrected chi connectivity index (χ2v) is 6.59. The molecule has 0 atom stereocenters. The first-order chi connectivity index (χ1) is 15.2. The molecule has 0 heterocycles. The van der Waals surface area contributed by atoms with E-state index in [2.05, 4.69) is 0 Å². The van der Waals surface area contributed by atoms with Crippen molar-refractivity contribution in [1.82, 2.24) is 0 Å². The first-order valence-electron chi connectivity index (χ1n) is 10.3. The zero-order chi connectivity index (χ0) is 22.2. The lowest BCUT2D eigenvalue weighted by atomic mass is 9.95. The van der Waals surface area contributed by atoms with Crippen molar-refractivity contribution >= 4 is 5.78 Å². The summed E-state index contributed by atoms with van der Waals surface area (Å²) < 4.78 is 33.2. The van der Waals surface area contributed by atoms with Gasteiger partial charge in [0.15, 0.2) is 0 Å². The summed E-state index contributed by atoms with van der Waals surface area (Å²) in [6.07, 6.45) is 0. The average molecular weight is 433 g/mol. The van der Waals surface area contributed by atoms with Gasteiger partial charge in [-0.3, -0.25) is 4.79 Å². The number of carbonyl (C=O) groups is 1. The molecule has 31 heavy (non-hydrogen) atoms. The van der Waals surface area contributed by atoms with Crippen LogP contribution in [-0.4, -0.2) is 72.9 Å². The summed E-state index contributed by atoms with van der Waals surface area (Å²) in [7, 11) is 3.22. The minimum atomic E-state index is -1.61. The van der Waals surface area contributed by atoms with Gasteiger partial charge >= 0.3 is 0 Å². The van der Waals surface area contributed by atoms with E-state index in [4.69, 9.17) is 28.4 Å². The first kappa shape index (κ1) is 25.1. The number of ether oxygens (including phenoxy) is 6. The number of benzene rings is 2. The van der Waals surface area contributed by atoms with Gasteiger partial charge in [-0.25, -0.2) is 0 Å². The molecule has 0 saturated carbocycles. The van der Waals surface area contributed by atoms with E-state index in [9.17, 15) is 4.79 Å². The lowest BCUT2D eigenvalue weighted by molar-refractivity contribution is -0.220. The molecule has 2 aromatic rings. The number of hydrogen-bond acceptors (Lipinski definition) is 7.